The predicted octanol–water partition coefficient (Wildman–Crippen LogP) is 3.16. The van der Waals surface area contributed by atoms with Crippen molar-refractivity contribution in [1.82, 2.24) is 4.90 Å². The molecule has 30 heavy (non-hydrogen) atoms. The normalized spacial score (nSPS) is 19.7. The molecule has 0 bridgehead atoms. The number of likely N-dealkylation sites (tertiary alicyclic amines) is 1. The summed E-state index contributed by atoms with van der Waals surface area (Å²) < 4.78 is 27.9. The summed E-state index contributed by atoms with van der Waals surface area (Å²) >= 11 is 1.17. The molecule has 2 amide bonds. The van der Waals surface area contributed by atoms with Gasteiger partial charge in [0.05, 0.1) is 10.6 Å². The van der Waals surface area contributed by atoms with Gasteiger partial charge in [0.2, 0.25) is 11.8 Å². The first kappa shape index (κ1) is 20.7. The van der Waals surface area contributed by atoms with E-state index in [1.165, 1.54) is 23.9 Å². The van der Waals surface area contributed by atoms with Crippen molar-refractivity contribution in [3.63, 3.8) is 0 Å². The van der Waals surface area contributed by atoms with Crippen molar-refractivity contribution >= 4 is 45.0 Å². The summed E-state index contributed by atoms with van der Waals surface area (Å²) in [5.41, 5.74) is 0.854. The fourth-order valence-corrected chi connectivity index (χ4v) is 5.67. The minimum atomic E-state index is -3.80. The van der Waals surface area contributed by atoms with E-state index in [9.17, 15) is 18.0 Å². The summed E-state index contributed by atoms with van der Waals surface area (Å²) in [7, 11) is -3.80. The Morgan fingerprint density at radius 1 is 1.13 bits per heavy atom. The van der Waals surface area contributed by atoms with Crippen LogP contribution in [0.1, 0.15) is 19.8 Å². The topological polar surface area (TPSA) is 95.6 Å². The Morgan fingerprint density at radius 2 is 1.83 bits per heavy atom. The van der Waals surface area contributed by atoms with Crippen LogP contribution in [0.4, 0.5) is 11.4 Å². The van der Waals surface area contributed by atoms with Crippen molar-refractivity contribution in [2.24, 2.45) is 5.92 Å². The molecule has 7 nitrogen and oxygen atoms in total. The van der Waals surface area contributed by atoms with Crippen molar-refractivity contribution < 1.29 is 18.0 Å². The van der Waals surface area contributed by atoms with Gasteiger partial charge in [-0.2, -0.15) is 0 Å². The van der Waals surface area contributed by atoms with Crippen molar-refractivity contribution in [1.29, 1.82) is 0 Å². The van der Waals surface area contributed by atoms with Crippen LogP contribution in [0.15, 0.2) is 58.3 Å². The van der Waals surface area contributed by atoms with Crippen molar-refractivity contribution in [3.05, 3.63) is 48.5 Å². The largest absolute Gasteiger partial charge is 0.341 e. The lowest BCUT2D eigenvalue weighted by molar-refractivity contribution is -0.135. The molecule has 2 aromatic carbocycles. The summed E-state index contributed by atoms with van der Waals surface area (Å²) in [5, 5.41) is 1.86. The van der Waals surface area contributed by atoms with Crippen LogP contribution < -0.4 is 10.0 Å². The van der Waals surface area contributed by atoms with Crippen LogP contribution in [0.2, 0.25) is 0 Å². The van der Waals surface area contributed by atoms with Crippen molar-refractivity contribution in [2.45, 2.75) is 34.8 Å². The molecule has 2 N–H and O–H groups in total. The zero-order chi connectivity index (χ0) is 21.3. The van der Waals surface area contributed by atoms with E-state index >= 15 is 0 Å². The fourth-order valence-electron chi connectivity index (χ4n) is 3.53. The number of rotatable bonds is 4. The Bertz CT molecular complexity index is 1060. The number of piperidine rings is 1. The number of amides is 2. The van der Waals surface area contributed by atoms with E-state index in [2.05, 4.69) is 17.0 Å². The van der Waals surface area contributed by atoms with Gasteiger partial charge in [0.25, 0.3) is 10.0 Å². The Balaban J connectivity index is 1.52. The number of anilines is 2. The number of sulfonamides is 1. The number of carbonyl (C=O) groups is 2. The third-order valence-electron chi connectivity index (χ3n) is 5.35. The summed E-state index contributed by atoms with van der Waals surface area (Å²) in [5.74, 6) is -0.00772. The number of nitrogens with one attached hydrogen (secondary N) is 2. The number of hydrogen-bond donors (Lipinski definition) is 2. The number of fused-ring (bicyclic) bond motifs is 1. The van der Waals surface area contributed by atoms with E-state index in [0.29, 0.717) is 35.3 Å². The lowest BCUT2D eigenvalue weighted by atomic mass is 9.99. The number of nitrogens with zero attached hydrogens (tertiary/aromatic N) is 1. The van der Waals surface area contributed by atoms with Gasteiger partial charge in [-0.25, -0.2) is 8.42 Å². The standard InChI is InChI=1S/C21H23N3O4S2/c1-14-9-11-24(12-10-14)21(26)19-20(25)22-17-13-16(7-8-18(17)29-19)30(27,28)23-15-5-3-2-4-6-15/h2-8,13-14,19,23H,9-12H2,1H3,(H,22,25). The molecular weight excluding hydrogens is 422 g/mol. The lowest BCUT2D eigenvalue weighted by Gasteiger charge is -2.33. The van der Waals surface area contributed by atoms with Crippen LogP contribution >= 0.6 is 11.8 Å². The second-order valence-electron chi connectivity index (χ2n) is 7.62. The second-order valence-corrected chi connectivity index (χ2v) is 10.5. The molecule has 2 heterocycles. The molecule has 0 radical (unpaired) electrons. The molecule has 1 fully saturated rings. The molecule has 0 aromatic heterocycles. The van der Waals surface area contributed by atoms with Gasteiger partial charge >= 0.3 is 0 Å². The van der Waals surface area contributed by atoms with Crippen LogP contribution in [0.25, 0.3) is 0 Å². The van der Waals surface area contributed by atoms with Gasteiger partial charge < -0.3 is 10.2 Å². The van der Waals surface area contributed by atoms with E-state index in [1.54, 1.807) is 41.3 Å². The molecule has 2 aliphatic heterocycles. The maximum Gasteiger partial charge on any atom is 0.261 e. The molecule has 0 spiro atoms. The van der Waals surface area contributed by atoms with E-state index in [4.69, 9.17) is 0 Å². The molecule has 0 saturated carbocycles. The number of hydrogen-bond acceptors (Lipinski definition) is 5. The van der Waals surface area contributed by atoms with E-state index < -0.39 is 21.2 Å². The molecule has 158 valence electrons. The highest BCUT2D eigenvalue weighted by atomic mass is 32.2. The fraction of sp³-hybridized carbons (Fsp3) is 0.333. The first-order valence-electron chi connectivity index (χ1n) is 9.82. The molecule has 1 unspecified atom stereocenters. The zero-order valence-electron chi connectivity index (χ0n) is 16.5. The maximum atomic E-state index is 12.8. The van der Waals surface area contributed by atoms with Crippen LogP contribution in [0.5, 0.6) is 0 Å². The Kier molecular flexibility index (Phi) is 5.75. The monoisotopic (exact) mass is 445 g/mol. The third-order valence-corrected chi connectivity index (χ3v) is 7.99. The molecule has 2 aliphatic rings. The average molecular weight is 446 g/mol. The van der Waals surface area contributed by atoms with Crippen molar-refractivity contribution in [2.75, 3.05) is 23.1 Å². The molecule has 2 aromatic rings. The Morgan fingerprint density at radius 3 is 2.53 bits per heavy atom. The minimum Gasteiger partial charge on any atom is -0.341 e. The van der Waals surface area contributed by atoms with E-state index in [-0.39, 0.29) is 10.8 Å². The van der Waals surface area contributed by atoms with Gasteiger partial charge in [-0.3, -0.25) is 14.3 Å². The zero-order valence-corrected chi connectivity index (χ0v) is 18.1. The Labute approximate surface area is 180 Å². The van der Waals surface area contributed by atoms with Gasteiger partial charge in [-0.1, -0.05) is 25.1 Å². The summed E-state index contributed by atoms with van der Waals surface area (Å²) in [6.45, 7) is 3.50. The summed E-state index contributed by atoms with van der Waals surface area (Å²) in [6, 6.07) is 13.1. The predicted molar refractivity (Wildman–Crippen MR) is 117 cm³/mol. The quantitative estimate of drug-likeness (QED) is 0.705. The van der Waals surface area contributed by atoms with Crippen LogP contribution in [0.3, 0.4) is 0 Å². The number of thioether (sulfide) groups is 1. The first-order valence-corrected chi connectivity index (χ1v) is 12.2. The lowest BCUT2D eigenvalue weighted by Crippen LogP contribution is -2.47. The molecular formula is C21H23N3O4S2. The molecule has 1 saturated heterocycles. The van der Waals surface area contributed by atoms with Crippen LogP contribution in [-0.2, 0) is 19.6 Å². The Hall–Kier alpha value is -2.52. The van der Waals surface area contributed by atoms with Crippen LogP contribution in [0, 0.1) is 5.92 Å². The molecule has 1 atom stereocenters. The van der Waals surface area contributed by atoms with Crippen LogP contribution in [-0.4, -0.2) is 43.5 Å². The molecule has 0 aliphatic carbocycles. The van der Waals surface area contributed by atoms with E-state index in [1.807, 2.05) is 0 Å². The highest BCUT2D eigenvalue weighted by Crippen LogP contribution is 2.38. The van der Waals surface area contributed by atoms with Gasteiger partial charge in [-0.15, -0.1) is 11.8 Å². The first-order chi connectivity index (χ1) is 14.3. The highest BCUT2D eigenvalue weighted by molar-refractivity contribution is 8.01. The van der Waals surface area contributed by atoms with E-state index in [0.717, 1.165) is 12.8 Å². The van der Waals surface area contributed by atoms with Crippen molar-refractivity contribution in [3.8, 4) is 0 Å². The highest BCUT2D eigenvalue weighted by Gasteiger charge is 2.37. The van der Waals surface area contributed by atoms with Gasteiger partial charge in [-0.05, 0) is 49.1 Å². The molecule has 4 rings (SSSR count). The molecule has 9 heteroatoms. The summed E-state index contributed by atoms with van der Waals surface area (Å²) in [6.07, 6.45) is 1.88. The van der Waals surface area contributed by atoms with Gasteiger partial charge in [0.15, 0.2) is 5.25 Å². The number of carbonyl (C=O) groups excluding carboxylic acids is 2. The number of benzene rings is 2. The smallest absolute Gasteiger partial charge is 0.261 e. The maximum absolute atomic E-state index is 12.8. The van der Waals surface area contributed by atoms with Gasteiger partial charge in [0.1, 0.15) is 0 Å². The van der Waals surface area contributed by atoms with Gasteiger partial charge in [0, 0.05) is 23.7 Å². The second kappa shape index (κ2) is 8.31. The minimum absolute atomic E-state index is 0.0424. The average Bonchev–Trinajstić information content (AvgIpc) is 2.73. The third kappa shape index (κ3) is 4.32. The summed E-state index contributed by atoms with van der Waals surface area (Å²) in [4.78, 5) is 27.9. The number of para-hydroxylation sites is 1. The SMILES string of the molecule is CC1CCN(C(=O)C2Sc3ccc(S(=O)(=O)Nc4ccccc4)cc3NC2=O)CC1.